The quantitative estimate of drug-likeness (QED) is 0.841. The highest BCUT2D eigenvalue weighted by Gasteiger charge is 2.11. The van der Waals surface area contributed by atoms with E-state index >= 15 is 0 Å². The molecule has 3 nitrogen and oxygen atoms in total. The van der Waals surface area contributed by atoms with Crippen LogP contribution >= 0.6 is 0 Å². The largest absolute Gasteiger partial charge is 0.465 e. The first kappa shape index (κ1) is 12.3. The molecule has 0 spiro atoms. The summed E-state index contributed by atoms with van der Waals surface area (Å²) in [5.41, 5.74) is 2.04. The van der Waals surface area contributed by atoms with Gasteiger partial charge in [-0.1, -0.05) is 42.5 Å². The minimum atomic E-state index is -0.683. The van der Waals surface area contributed by atoms with Crippen LogP contribution in [-0.4, -0.2) is 18.2 Å². The molecule has 0 radical (unpaired) electrons. The predicted molar refractivity (Wildman–Crippen MR) is 68.3 cm³/mol. The first-order chi connectivity index (χ1) is 8.72. The van der Waals surface area contributed by atoms with E-state index in [4.69, 9.17) is 0 Å². The van der Waals surface area contributed by atoms with Gasteiger partial charge < -0.3 is 9.84 Å². The average molecular weight is 242 g/mol. The lowest BCUT2D eigenvalue weighted by molar-refractivity contribution is 0.0600. The molecular formula is C15H14O3. The van der Waals surface area contributed by atoms with E-state index in [1.165, 1.54) is 7.11 Å². The number of aliphatic hydroxyl groups excluding tert-OH is 1. The summed E-state index contributed by atoms with van der Waals surface area (Å²) in [5, 5.41) is 10.2. The lowest BCUT2D eigenvalue weighted by Crippen LogP contribution is -2.03. The Balaban J connectivity index is 2.22. The predicted octanol–water partition coefficient (Wildman–Crippen LogP) is 2.55. The van der Waals surface area contributed by atoms with E-state index in [1.807, 2.05) is 30.3 Å². The van der Waals surface area contributed by atoms with Crippen LogP contribution in [0.25, 0.3) is 0 Å². The van der Waals surface area contributed by atoms with E-state index in [-0.39, 0.29) is 5.97 Å². The third-order valence-electron chi connectivity index (χ3n) is 2.76. The number of methoxy groups -OCH3 is 1. The molecule has 2 rings (SSSR count). The van der Waals surface area contributed by atoms with Crippen molar-refractivity contribution in [2.45, 2.75) is 6.10 Å². The molecule has 0 heterocycles. The van der Waals surface area contributed by atoms with Crippen LogP contribution in [0.15, 0.2) is 54.6 Å². The molecule has 1 atom stereocenters. The Hall–Kier alpha value is -2.13. The first-order valence-corrected chi connectivity index (χ1v) is 5.63. The maximum Gasteiger partial charge on any atom is 0.337 e. The van der Waals surface area contributed by atoms with Crippen molar-refractivity contribution in [3.05, 3.63) is 71.3 Å². The van der Waals surface area contributed by atoms with Crippen molar-refractivity contribution >= 4 is 5.97 Å². The number of carbonyl (C=O) groups excluding carboxylic acids is 1. The molecule has 0 aliphatic rings. The molecule has 3 heteroatoms. The molecule has 92 valence electrons. The van der Waals surface area contributed by atoms with Gasteiger partial charge in [-0.2, -0.15) is 0 Å². The molecule has 1 N–H and O–H groups in total. The number of rotatable bonds is 3. The fourth-order valence-electron chi connectivity index (χ4n) is 1.75. The molecule has 0 aliphatic carbocycles. The number of esters is 1. The number of hydrogen-bond acceptors (Lipinski definition) is 3. The molecular weight excluding hydrogens is 228 g/mol. The second kappa shape index (κ2) is 5.47. The van der Waals surface area contributed by atoms with E-state index in [1.54, 1.807) is 24.3 Å². The van der Waals surface area contributed by atoms with Gasteiger partial charge in [-0.3, -0.25) is 0 Å². The van der Waals surface area contributed by atoms with Crippen LogP contribution in [0.4, 0.5) is 0 Å². The lowest BCUT2D eigenvalue weighted by atomic mass is 10.0. The zero-order valence-electron chi connectivity index (χ0n) is 10.0. The minimum Gasteiger partial charge on any atom is -0.465 e. The summed E-state index contributed by atoms with van der Waals surface area (Å²) in [4.78, 5) is 11.3. The van der Waals surface area contributed by atoms with Crippen LogP contribution in [-0.2, 0) is 4.74 Å². The second-order valence-corrected chi connectivity index (χ2v) is 3.93. The van der Waals surface area contributed by atoms with Crippen molar-refractivity contribution in [2.75, 3.05) is 7.11 Å². The number of aliphatic hydroxyl groups is 1. The zero-order chi connectivity index (χ0) is 13.0. The van der Waals surface area contributed by atoms with Crippen molar-refractivity contribution in [1.82, 2.24) is 0 Å². The van der Waals surface area contributed by atoms with Gasteiger partial charge in [0.25, 0.3) is 0 Å². The summed E-state index contributed by atoms with van der Waals surface area (Å²) in [6.07, 6.45) is -0.683. The van der Waals surface area contributed by atoms with Crippen LogP contribution in [0.5, 0.6) is 0 Å². The maximum atomic E-state index is 11.3. The van der Waals surface area contributed by atoms with Crippen molar-refractivity contribution in [3.8, 4) is 0 Å². The van der Waals surface area contributed by atoms with Gasteiger partial charge in [0.1, 0.15) is 6.10 Å². The second-order valence-electron chi connectivity index (χ2n) is 3.93. The van der Waals surface area contributed by atoms with Crippen LogP contribution in [0.2, 0.25) is 0 Å². The third kappa shape index (κ3) is 2.57. The Kier molecular flexibility index (Phi) is 3.75. The summed E-state index contributed by atoms with van der Waals surface area (Å²) in [6.45, 7) is 0. The Morgan fingerprint density at radius 1 is 1.00 bits per heavy atom. The van der Waals surface area contributed by atoms with Crippen LogP contribution in [0.1, 0.15) is 27.6 Å². The van der Waals surface area contributed by atoms with Crippen molar-refractivity contribution in [1.29, 1.82) is 0 Å². The van der Waals surface area contributed by atoms with Crippen LogP contribution in [0, 0.1) is 0 Å². The van der Waals surface area contributed by atoms with Crippen molar-refractivity contribution < 1.29 is 14.6 Å². The molecule has 1 unspecified atom stereocenters. The highest BCUT2D eigenvalue weighted by atomic mass is 16.5. The summed E-state index contributed by atoms with van der Waals surface area (Å²) in [7, 11) is 1.34. The van der Waals surface area contributed by atoms with Gasteiger partial charge in [-0.05, 0) is 23.3 Å². The topological polar surface area (TPSA) is 46.5 Å². The Morgan fingerprint density at radius 2 is 1.56 bits per heavy atom. The molecule has 0 saturated heterocycles. The Morgan fingerprint density at radius 3 is 2.11 bits per heavy atom. The molecule has 2 aromatic carbocycles. The molecule has 0 saturated carbocycles. The normalized spacial score (nSPS) is 11.9. The van der Waals surface area contributed by atoms with Gasteiger partial charge in [-0.25, -0.2) is 4.79 Å². The lowest BCUT2D eigenvalue weighted by Gasteiger charge is -2.11. The van der Waals surface area contributed by atoms with Crippen molar-refractivity contribution in [3.63, 3.8) is 0 Å². The highest BCUT2D eigenvalue weighted by molar-refractivity contribution is 5.89. The standard InChI is InChI=1S/C15H14O3/c1-18-15(17)13-9-7-12(8-10-13)14(16)11-5-3-2-4-6-11/h2-10,14,16H,1H3. The van der Waals surface area contributed by atoms with Gasteiger partial charge in [0.05, 0.1) is 12.7 Å². The van der Waals surface area contributed by atoms with E-state index in [2.05, 4.69) is 4.74 Å². The fourth-order valence-corrected chi connectivity index (χ4v) is 1.75. The molecule has 18 heavy (non-hydrogen) atoms. The van der Waals surface area contributed by atoms with E-state index in [9.17, 15) is 9.90 Å². The number of hydrogen-bond donors (Lipinski definition) is 1. The van der Waals surface area contributed by atoms with Gasteiger partial charge in [0.15, 0.2) is 0 Å². The molecule has 0 bridgehead atoms. The van der Waals surface area contributed by atoms with Crippen LogP contribution < -0.4 is 0 Å². The third-order valence-corrected chi connectivity index (χ3v) is 2.76. The van der Waals surface area contributed by atoms with Gasteiger partial charge >= 0.3 is 5.97 Å². The molecule has 0 aliphatic heterocycles. The summed E-state index contributed by atoms with van der Waals surface area (Å²) in [6, 6.07) is 16.1. The highest BCUT2D eigenvalue weighted by Crippen LogP contribution is 2.21. The smallest absolute Gasteiger partial charge is 0.337 e. The van der Waals surface area contributed by atoms with E-state index in [0.29, 0.717) is 5.56 Å². The number of benzene rings is 2. The van der Waals surface area contributed by atoms with Gasteiger partial charge in [0, 0.05) is 0 Å². The summed E-state index contributed by atoms with van der Waals surface area (Å²) in [5.74, 6) is -0.379. The minimum absolute atomic E-state index is 0.379. The van der Waals surface area contributed by atoms with E-state index in [0.717, 1.165) is 11.1 Å². The summed E-state index contributed by atoms with van der Waals surface area (Å²) < 4.78 is 4.62. The molecule has 0 amide bonds. The maximum absolute atomic E-state index is 11.3. The summed E-state index contributed by atoms with van der Waals surface area (Å²) >= 11 is 0. The Labute approximate surface area is 106 Å². The molecule has 2 aromatic rings. The first-order valence-electron chi connectivity index (χ1n) is 5.63. The number of ether oxygens (including phenoxy) is 1. The Bertz CT molecular complexity index is 517. The van der Waals surface area contributed by atoms with Crippen molar-refractivity contribution in [2.24, 2.45) is 0 Å². The van der Waals surface area contributed by atoms with E-state index < -0.39 is 6.10 Å². The van der Waals surface area contributed by atoms with Gasteiger partial charge in [-0.15, -0.1) is 0 Å². The fraction of sp³-hybridized carbons (Fsp3) is 0.133. The molecule has 0 aromatic heterocycles. The monoisotopic (exact) mass is 242 g/mol. The number of carbonyl (C=O) groups is 1. The zero-order valence-corrected chi connectivity index (χ0v) is 10.0. The average Bonchev–Trinajstić information content (AvgIpc) is 2.47. The van der Waals surface area contributed by atoms with Gasteiger partial charge in [0.2, 0.25) is 0 Å². The SMILES string of the molecule is COC(=O)c1ccc(C(O)c2ccccc2)cc1. The molecule has 0 fully saturated rings. The van der Waals surface area contributed by atoms with Crippen LogP contribution in [0.3, 0.4) is 0 Å².